The SMILES string of the molecule is CC(C)C(=O)Nc1cccc(NC(=O)[C@@H]2CCCCN2C)c1. The lowest BCUT2D eigenvalue weighted by atomic mass is 10.0. The summed E-state index contributed by atoms with van der Waals surface area (Å²) in [6.45, 7) is 4.66. The van der Waals surface area contributed by atoms with Crippen molar-refractivity contribution in [3.05, 3.63) is 24.3 Å². The molecule has 1 aliphatic rings. The predicted octanol–water partition coefficient (Wildman–Crippen LogP) is 2.70. The molecular weight excluding hydrogens is 278 g/mol. The molecule has 22 heavy (non-hydrogen) atoms. The van der Waals surface area contributed by atoms with E-state index in [0.717, 1.165) is 25.8 Å². The van der Waals surface area contributed by atoms with Crippen LogP contribution < -0.4 is 10.6 Å². The van der Waals surface area contributed by atoms with Gasteiger partial charge in [0.2, 0.25) is 11.8 Å². The van der Waals surface area contributed by atoms with Crippen LogP contribution in [0.2, 0.25) is 0 Å². The second-order valence-corrected chi connectivity index (χ2v) is 6.21. The molecule has 1 aromatic carbocycles. The first-order chi connectivity index (χ1) is 10.5. The fraction of sp³-hybridized carbons (Fsp3) is 0.529. The van der Waals surface area contributed by atoms with Crippen LogP contribution in [-0.4, -0.2) is 36.3 Å². The fourth-order valence-electron chi connectivity index (χ4n) is 2.59. The smallest absolute Gasteiger partial charge is 0.241 e. The van der Waals surface area contributed by atoms with E-state index in [-0.39, 0.29) is 23.8 Å². The molecule has 5 nitrogen and oxygen atoms in total. The summed E-state index contributed by atoms with van der Waals surface area (Å²) in [7, 11) is 1.99. The molecule has 1 saturated heterocycles. The topological polar surface area (TPSA) is 61.4 Å². The van der Waals surface area contributed by atoms with Crippen molar-refractivity contribution < 1.29 is 9.59 Å². The summed E-state index contributed by atoms with van der Waals surface area (Å²) in [6.07, 6.45) is 3.13. The van der Waals surface area contributed by atoms with Crippen LogP contribution in [0.3, 0.4) is 0 Å². The van der Waals surface area contributed by atoms with Crippen LogP contribution >= 0.6 is 0 Å². The Kier molecular flexibility index (Phi) is 5.55. The highest BCUT2D eigenvalue weighted by Crippen LogP contribution is 2.19. The van der Waals surface area contributed by atoms with Gasteiger partial charge in [-0.05, 0) is 44.6 Å². The van der Waals surface area contributed by atoms with Gasteiger partial charge in [0.05, 0.1) is 6.04 Å². The number of likely N-dealkylation sites (tertiary alicyclic amines) is 1. The Balaban J connectivity index is 2.00. The van der Waals surface area contributed by atoms with Crippen LogP contribution in [-0.2, 0) is 9.59 Å². The van der Waals surface area contributed by atoms with E-state index in [1.165, 1.54) is 0 Å². The van der Waals surface area contributed by atoms with Gasteiger partial charge in [0, 0.05) is 17.3 Å². The quantitative estimate of drug-likeness (QED) is 0.899. The minimum absolute atomic E-state index is 0.0227. The van der Waals surface area contributed by atoms with E-state index < -0.39 is 0 Å². The average molecular weight is 303 g/mol. The monoisotopic (exact) mass is 303 g/mol. The molecule has 0 aliphatic carbocycles. The van der Waals surface area contributed by atoms with Crippen LogP contribution in [0.1, 0.15) is 33.1 Å². The Hall–Kier alpha value is -1.88. The van der Waals surface area contributed by atoms with Gasteiger partial charge in [-0.2, -0.15) is 0 Å². The molecule has 0 spiro atoms. The number of anilines is 2. The normalized spacial score (nSPS) is 19.0. The van der Waals surface area contributed by atoms with Crippen molar-refractivity contribution in [2.75, 3.05) is 24.2 Å². The summed E-state index contributed by atoms with van der Waals surface area (Å²) >= 11 is 0. The maximum atomic E-state index is 12.4. The van der Waals surface area contributed by atoms with Gasteiger partial charge in [-0.3, -0.25) is 14.5 Å². The minimum atomic E-state index is -0.0749. The van der Waals surface area contributed by atoms with E-state index in [0.29, 0.717) is 11.4 Å². The Labute approximate surface area is 132 Å². The number of nitrogens with zero attached hydrogens (tertiary/aromatic N) is 1. The second kappa shape index (κ2) is 7.40. The predicted molar refractivity (Wildman–Crippen MR) is 88.8 cm³/mol. The molecule has 2 amide bonds. The first-order valence-corrected chi connectivity index (χ1v) is 7.89. The zero-order valence-electron chi connectivity index (χ0n) is 13.6. The third-order valence-electron chi connectivity index (χ3n) is 4.00. The van der Waals surface area contributed by atoms with Crippen molar-refractivity contribution in [2.45, 2.75) is 39.2 Å². The van der Waals surface area contributed by atoms with Crippen molar-refractivity contribution in [1.82, 2.24) is 4.90 Å². The van der Waals surface area contributed by atoms with Crippen molar-refractivity contribution in [3.8, 4) is 0 Å². The number of carbonyl (C=O) groups excluding carboxylic acids is 2. The lowest BCUT2D eigenvalue weighted by Gasteiger charge is -2.31. The largest absolute Gasteiger partial charge is 0.326 e. The number of benzene rings is 1. The molecule has 1 heterocycles. The van der Waals surface area contributed by atoms with Gasteiger partial charge in [-0.15, -0.1) is 0 Å². The lowest BCUT2D eigenvalue weighted by Crippen LogP contribution is -2.44. The standard InChI is InChI=1S/C17H25N3O2/c1-12(2)16(21)18-13-7-6-8-14(11-13)19-17(22)15-9-4-5-10-20(15)3/h6-8,11-12,15H,4-5,9-10H2,1-3H3,(H,18,21)(H,19,22)/t15-/m0/s1. The van der Waals surface area contributed by atoms with E-state index in [1.54, 1.807) is 6.07 Å². The lowest BCUT2D eigenvalue weighted by molar-refractivity contribution is -0.122. The highest BCUT2D eigenvalue weighted by Gasteiger charge is 2.25. The zero-order chi connectivity index (χ0) is 16.1. The summed E-state index contributed by atoms with van der Waals surface area (Å²) in [5.41, 5.74) is 1.42. The molecule has 1 fully saturated rings. The summed E-state index contributed by atoms with van der Waals surface area (Å²) < 4.78 is 0. The summed E-state index contributed by atoms with van der Waals surface area (Å²) in [4.78, 5) is 26.2. The van der Waals surface area contributed by atoms with Gasteiger partial charge in [-0.1, -0.05) is 26.3 Å². The molecule has 5 heteroatoms. The number of hydrogen-bond donors (Lipinski definition) is 2. The Bertz CT molecular complexity index is 542. The van der Waals surface area contributed by atoms with Crippen LogP contribution in [0, 0.1) is 5.92 Å². The molecule has 1 aromatic rings. The summed E-state index contributed by atoms with van der Waals surface area (Å²) in [6, 6.07) is 7.22. The Morgan fingerprint density at radius 3 is 2.50 bits per heavy atom. The van der Waals surface area contributed by atoms with Gasteiger partial charge in [-0.25, -0.2) is 0 Å². The van der Waals surface area contributed by atoms with Gasteiger partial charge in [0.25, 0.3) is 0 Å². The molecule has 0 radical (unpaired) electrons. The molecule has 120 valence electrons. The first-order valence-electron chi connectivity index (χ1n) is 7.89. The summed E-state index contributed by atoms with van der Waals surface area (Å²) in [5, 5.41) is 5.80. The zero-order valence-corrected chi connectivity index (χ0v) is 13.6. The number of carbonyl (C=O) groups is 2. The molecule has 0 saturated carbocycles. The van der Waals surface area contributed by atoms with E-state index in [2.05, 4.69) is 15.5 Å². The number of amides is 2. The van der Waals surface area contributed by atoms with Crippen molar-refractivity contribution in [3.63, 3.8) is 0 Å². The Morgan fingerprint density at radius 1 is 1.18 bits per heavy atom. The third-order valence-corrected chi connectivity index (χ3v) is 4.00. The van der Waals surface area contributed by atoms with Crippen LogP contribution in [0.25, 0.3) is 0 Å². The molecule has 2 rings (SSSR count). The molecular formula is C17H25N3O2. The van der Waals surface area contributed by atoms with E-state index in [9.17, 15) is 9.59 Å². The maximum Gasteiger partial charge on any atom is 0.241 e. The van der Waals surface area contributed by atoms with Crippen molar-refractivity contribution >= 4 is 23.2 Å². The molecule has 0 aromatic heterocycles. The number of rotatable bonds is 4. The fourth-order valence-corrected chi connectivity index (χ4v) is 2.59. The van der Waals surface area contributed by atoms with Crippen molar-refractivity contribution in [2.24, 2.45) is 5.92 Å². The molecule has 0 bridgehead atoms. The number of nitrogens with one attached hydrogen (secondary N) is 2. The number of piperidine rings is 1. The third kappa shape index (κ3) is 4.31. The molecule has 1 aliphatic heterocycles. The second-order valence-electron chi connectivity index (χ2n) is 6.21. The minimum Gasteiger partial charge on any atom is -0.326 e. The van der Waals surface area contributed by atoms with Gasteiger partial charge in [0.15, 0.2) is 0 Å². The van der Waals surface area contributed by atoms with E-state index in [4.69, 9.17) is 0 Å². The van der Waals surface area contributed by atoms with Gasteiger partial charge >= 0.3 is 0 Å². The van der Waals surface area contributed by atoms with E-state index >= 15 is 0 Å². The summed E-state index contributed by atoms with van der Waals surface area (Å²) in [5.74, 6) is -0.0841. The Morgan fingerprint density at radius 2 is 1.86 bits per heavy atom. The highest BCUT2D eigenvalue weighted by atomic mass is 16.2. The van der Waals surface area contributed by atoms with Crippen molar-refractivity contribution in [1.29, 1.82) is 0 Å². The van der Waals surface area contributed by atoms with Gasteiger partial charge in [0.1, 0.15) is 0 Å². The average Bonchev–Trinajstić information content (AvgIpc) is 2.47. The first kappa shape index (κ1) is 16.5. The van der Waals surface area contributed by atoms with E-state index in [1.807, 2.05) is 39.1 Å². The molecule has 0 unspecified atom stereocenters. The molecule has 2 N–H and O–H groups in total. The van der Waals surface area contributed by atoms with Crippen LogP contribution in [0.4, 0.5) is 11.4 Å². The highest BCUT2D eigenvalue weighted by molar-refractivity contribution is 5.96. The number of hydrogen-bond acceptors (Lipinski definition) is 3. The van der Waals surface area contributed by atoms with Crippen LogP contribution in [0.5, 0.6) is 0 Å². The number of likely N-dealkylation sites (N-methyl/N-ethyl adjacent to an activating group) is 1. The van der Waals surface area contributed by atoms with Crippen LogP contribution in [0.15, 0.2) is 24.3 Å². The maximum absolute atomic E-state index is 12.4. The molecule has 1 atom stereocenters. The van der Waals surface area contributed by atoms with Gasteiger partial charge < -0.3 is 10.6 Å².